The molecule has 0 unspecified atom stereocenters. The van der Waals surface area contributed by atoms with Crippen molar-refractivity contribution in [2.75, 3.05) is 59.5 Å². The average molecular weight is 649 g/mol. The third-order valence-electron chi connectivity index (χ3n) is 7.35. The number of nitrogens with two attached hydrogens (primary N) is 3. The Labute approximate surface area is 254 Å². The summed E-state index contributed by atoms with van der Waals surface area (Å²) >= 11 is 0. The minimum atomic E-state index is -1.55. The molecule has 0 amide bonds. The molecule has 260 valence electrons. The van der Waals surface area contributed by atoms with Crippen LogP contribution in [0.4, 0.5) is 0 Å². The van der Waals surface area contributed by atoms with Gasteiger partial charge in [0.1, 0.15) is 54.9 Å². The van der Waals surface area contributed by atoms with Crippen molar-refractivity contribution < 1.29 is 78.7 Å². The summed E-state index contributed by atoms with van der Waals surface area (Å²) in [5, 5.41) is 80.1. The van der Waals surface area contributed by atoms with E-state index in [1.807, 2.05) is 0 Å². The molecular formula is C24H48N4O16. The quantitative estimate of drug-likeness (QED) is 0.0692. The third-order valence-corrected chi connectivity index (χ3v) is 7.35. The summed E-state index contributed by atoms with van der Waals surface area (Å²) < 4.78 is 45.0. The SMILES string of the molecule is N[C@@H]1[C@@H](O)[C@H](O[C@@H]2O[C@H](COCCO)[C@@H](O[C@@H]3O[C@H](COCCO)[C@@H](O)[C@H](O)[C@H]3N)[C@H](O)[C@H]2N)[C@@H](COCCO)O[C@H]1O.[NH]. The molecule has 0 saturated carbocycles. The van der Waals surface area contributed by atoms with Gasteiger partial charge in [0.2, 0.25) is 0 Å². The van der Waals surface area contributed by atoms with Crippen LogP contribution in [0.3, 0.4) is 0 Å². The van der Waals surface area contributed by atoms with E-state index in [0.717, 1.165) is 0 Å². The van der Waals surface area contributed by atoms with Gasteiger partial charge >= 0.3 is 0 Å². The lowest BCUT2D eigenvalue weighted by Crippen LogP contribution is -2.69. The van der Waals surface area contributed by atoms with Crippen LogP contribution in [0.1, 0.15) is 0 Å². The lowest BCUT2D eigenvalue weighted by Gasteiger charge is -2.49. The molecule has 3 saturated heterocycles. The second-order valence-corrected chi connectivity index (χ2v) is 10.4. The van der Waals surface area contributed by atoms with Crippen molar-refractivity contribution in [3.8, 4) is 0 Å². The fourth-order valence-corrected chi connectivity index (χ4v) is 4.94. The van der Waals surface area contributed by atoms with Crippen LogP contribution in [0.25, 0.3) is 0 Å². The van der Waals surface area contributed by atoms with Crippen LogP contribution in [0.5, 0.6) is 0 Å². The van der Waals surface area contributed by atoms with Gasteiger partial charge in [-0.25, -0.2) is 0 Å². The first-order chi connectivity index (χ1) is 20.5. The Morgan fingerprint density at radius 1 is 0.500 bits per heavy atom. The van der Waals surface area contributed by atoms with E-state index >= 15 is 0 Å². The molecule has 3 heterocycles. The van der Waals surface area contributed by atoms with Gasteiger partial charge in [-0.15, -0.1) is 0 Å². The number of hydrogen-bond donors (Lipinski definition) is 11. The van der Waals surface area contributed by atoms with Crippen molar-refractivity contribution in [3.63, 3.8) is 0 Å². The highest BCUT2D eigenvalue weighted by Crippen LogP contribution is 2.31. The number of ether oxygens (including phenoxy) is 8. The van der Waals surface area contributed by atoms with Crippen LogP contribution < -0.4 is 23.4 Å². The highest BCUT2D eigenvalue weighted by Gasteiger charge is 2.52. The van der Waals surface area contributed by atoms with Crippen LogP contribution >= 0.6 is 0 Å². The second kappa shape index (κ2) is 19.1. The van der Waals surface area contributed by atoms with E-state index in [1.165, 1.54) is 0 Å². The first-order valence-electron chi connectivity index (χ1n) is 14.1. The summed E-state index contributed by atoms with van der Waals surface area (Å²) in [4.78, 5) is 0. The van der Waals surface area contributed by atoms with E-state index < -0.39 is 91.9 Å². The van der Waals surface area contributed by atoms with Gasteiger partial charge in [-0.2, -0.15) is 6.15 Å². The molecule has 3 rings (SSSR count). The van der Waals surface area contributed by atoms with Gasteiger partial charge < -0.3 is 95.9 Å². The van der Waals surface area contributed by atoms with Crippen molar-refractivity contribution in [1.82, 2.24) is 6.15 Å². The number of hydrogen-bond acceptors (Lipinski definition) is 19. The van der Waals surface area contributed by atoms with Gasteiger partial charge in [0.25, 0.3) is 0 Å². The Kier molecular flexibility index (Phi) is 17.1. The molecule has 20 heteroatoms. The minimum Gasteiger partial charge on any atom is -0.394 e. The molecule has 2 radical (unpaired) electrons. The molecule has 0 aromatic rings. The average Bonchev–Trinajstić information content (AvgIpc) is 2.99. The lowest BCUT2D eigenvalue weighted by molar-refractivity contribution is -0.349. The van der Waals surface area contributed by atoms with Gasteiger partial charge in [0, 0.05) is 0 Å². The largest absolute Gasteiger partial charge is 0.394 e. The van der Waals surface area contributed by atoms with Crippen molar-refractivity contribution in [2.45, 2.75) is 91.9 Å². The maximum atomic E-state index is 11.3. The zero-order valence-electron chi connectivity index (χ0n) is 24.1. The molecule has 3 fully saturated rings. The molecule has 44 heavy (non-hydrogen) atoms. The van der Waals surface area contributed by atoms with Crippen LogP contribution in [0.2, 0.25) is 0 Å². The Hall–Kier alpha value is -0.800. The molecule has 0 aliphatic carbocycles. The number of rotatable bonds is 16. The maximum Gasteiger partial charge on any atom is 0.176 e. The van der Waals surface area contributed by atoms with E-state index in [4.69, 9.17) is 65.3 Å². The second-order valence-electron chi connectivity index (χ2n) is 10.4. The fourth-order valence-electron chi connectivity index (χ4n) is 4.94. The molecule has 0 aromatic heterocycles. The summed E-state index contributed by atoms with van der Waals surface area (Å²) in [5.74, 6) is 0. The molecule has 0 bridgehead atoms. The Morgan fingerprint density at radius 2 is 0.886 bits per heavy atom. The molecular weight excluding hydrogens is 600 g/mol. The first kappa shape index (κ1) is 39.4. The van der Waals surface area contributed by atoms with Crippen LogP contribution in [-0.2, 0) is 37.9 Å². The van der Waals surface area contributed by atoms with E-state index in [1.54, 1.807) is 0 Å². The van der Waals surface area contributed by atoms with E-state index in [2.05, 4.69) is 0 Å². The third kappa shape index (κ3) is 9.85. The molecule has 20 nitrogen and oxygen atoms in total. The van der Waals surface area contributed by atoms with E-state index in [-0.39, 0.29) is 65.6 Å². The standard InChI is InChI=1S/C24H47N3O16.HN/c25-13-18(33)20(11(39-22(13)35)8-37-5-2-29)42-24-15(27)19(34)21(12(41-24)9-38-6-3-30)43-23-14(26)17(32)16(31)10(40-23)7-36-4-1-28;/h10-24,28-35H,1-9,25-27H2;1H/t10-,11-,12-,13-,14-,15-,16-,17-,18-,19-,20-,21-,22-,23+,24+;/m1./s1. The van der Waals surface area contributed by atoms with Crippen molar-refractivity contribution in [2.24, 2.45) is 17.2 Å². The highest BCUT2D eigenvalue weighted by atomic mass is 16.7. The van der Waals surface area contributed by atoms with Crippen LogP contribution in [0.15, 0.2) is 0 Å². The van der Waals surface area contributed by atoms with Gasteiger partial charge in [0.15, 0.2) is 18.9 Å². The minimum absolute atomic E-state index is 0. The summed E-state index contributed by atoms with van der Waals surface area (Å²) in [6.07, 6.45) is -16.2. The number of aliphatic hydroxyl groups excluding tert-OH is 8. The smallest absolute Gasteiger partial charge is 0.176 e. The molecule has 15 atom stereocenters. The first-order valence-corrected chi connectivity index (χ1v) is 14.1. The summed E-state index contributed by atoms with van der Waals surface area (Å²) in [5.41, 5.74) is 18.2. The zero-order valence-corrected chi connectivity index (χ0v) is 24.1. The summed E-state index contributed by atoms with van der Waals surface area (Å²) in [6, 6.07) is -3.88. The van der Waals surface area contributed by atoms with E-state index in [0.29, 0.717) is 0 Å². The van der Waals surface area contributed by atoms with Gasteiger partial charge in [0.05, 0.1) is 77.6 Å². The Balaban J connectivity index is 0.00000675. The predicted octanol–water partition coefficient (Wildman–Crippen LogP) is -7.89. The molecule has 15 N–H and O–H groups in total. The maximum absolute atomic E-state index is 11.3. The zero-order chi connectivity index (χ0) is 31.7. The molecule has 3 aliphatic heterocycles. The van der Waals surface area contributed by atoms with Crippen molar-refractivity contribution in [1.29, 1.82) is 0 Å². The normalized spacial score (nSPS) is 43.0. The van der Waals surface area contributed by atoms with Gasteiger partial charge in [-0.3, -0.25) is 0 Å². The lowest BCUT2D eigenvalue weighted by atomic mass is 9.94. The summed E-state index contributed by atoms with van der Waals surface area (Å²) in [6.45, 7) is -1.76. The monoisotopic (exact) mass is 648 g/mol. The predicted molar refractivity (Wildman–Crippen MR) is 143 cm³/mol. The fraction of sp³-hybridized carbons (Fsp3) is 1.00. The highest BCUT2D eigenvalue weighted by molar-refractivity contribution is 4.98. The number of nitrogens with one attached hydrogen (secondary N) is 1. The number of aliphatic hydroxyl groups is 8. The Bertz CT molecular complexity index is 796. The van der Waals surface area contributed by atoms with Crippen LogP contribution in [-0.4, -0.2) is 192 Å². The topological polar surface area (TPSA) is 346 Å². The molecule has 0 aromatic carbocycles. The van der Waals surface area contributed by atoms with E-state index in [9.17, 15) is 30.6 Å². The molecule has 0 spiro atoms. The summed E-state index contributed by atoms with van der Waals surface area (Å²) in [7, 11) is 0. The van der Waals surface area contributed by atoms with Crippen molar-refractivity contribution >= 4 is 0 Å². The van der Waals surface area contributed by atoms with Crippen LogP contribution in [0, 0.1) is 0 Å². The Morgan fingerprint density at radius 3 is 1.36 bits per heavy atom. The van der Waals surface area contributed by atoms with Gasteiger partial charge in [-0.05, 0) is 0 Å². The van der Waals surface area contributed by atoms with Crippen molar-refractivity contribution in [3.05, 3.63) is 0 Å². The van der Waals surface area contributed by atoms with Gasteiger partial charge in [-0.1, -0.05) is 0 Å². The molecule has 3 aliphatic rings.